The van der Waals surface area contributed by atoms with Gasteiger partial charge < -0.3 is 0 Å². The van der Waals surface area contributed by atoms with Crippen molar-refractivity contribution in [2.24, 2.45) is 0 Å². The predicted molar refractivity (Wildman–Crippen MR) is 259 cm³/mol. The molecular weight excluding hydrogens is 759 g/mol. The second-order valence-corrected chi connectivity index (χ2v) is 17.0. The number of rotatable bonds is 4. The zero-order valence-electron chi connectivity index (χ0n) is 32.8. The van der Waals surface area contributed by atoms with E-state index in [1.807, 2.05) is 11.3 Å². The van der Waals surface area contributed by atoms with E-state index < -0.39 is 0 Å². The molecule has 2 aromatic heterocycles. The largest absolute Gasteiger partial charge is 0.208 e. The van der Waals surface area contributed by atoms with Gasteiger partial charge in [-0.15, -0.1) is 11.3 Å². The standard InChI is InChI=1S/C57H33N3S/c1-2-14-38-30-41(29-26-34(38)12-1)35-24-27-37(28-25-35)55-58-56(47-23-11-17-36-13-5-6-18-42(36)47)60-57(59-55)54-52-46-22-10-9-20-44(46)43-19-7-8-21-45(43)48(52)33-51-53(54)49-31-39-15-3-4-16-40(39)32-50(49)61-51/h1-33H. The van der Waals surface area contributed by atoms with Crippen molar-refractivity contribution in [3.05, 3.63) is 200 Å². The second-order valence-electron chi connectivity index (χ2n) is 15.9. The molecule has 0 saturated carbocycles. The van der Waals surface area contributed by atoms with Crippen LogP contribution in [0.25, 0.3) is 130 Å². The molecule has 0 N–H and O–H groups in total. The molecule has 0 amide bonds. The maximum Gasteiger partial charge on any atom is 0.165 e. The predicted octanol–water partition coefficient (Wildman–Crippen LogP) is 15.8. The van der Waals surface area contributed by atoms with Gasteiger partial charge in [0.05, 0.1) is 0 Å². The summed E-state index contributed by atoms with van der Waals surface area (Å²) in [5.41, 5.74) is 5.26. The highest BCUT2D eigenvalue weighted by molar-refractivity contribution is 7.26. The van der Waals surface area contributed by atoms with Crippen molar-refractivity contribution in [1.82, 2.24) is 15.0 Å². The summed E-state index contributed by atoms with van der Waals surface area (Å²) in [7, 11) is 0. The van der Waals surface area contributed by atoms with Crippen LogP contribution in [-0.4, -0.2) is 15.0 Å². The summed E-state index contributed by atoms with van der Waals surface area (Å²) in [6, 6.07) is 72.2. The molecule has 0 spiro atoms. The number of thiophene rings is 1. The third-order valence-corrected chi connectivity index (χ3v) is 13.5. The third kappa shape index (κ3) is 5.39. The van der Waals surface area contributed by atoms with Gasteiger partial charge in [0.1, 0.15) is 0 Å². The average molecular weight is 792 g/mol. The summed E-state index contributed by atoms with van der Waals surface area (Å²) in [6.07, 6.45) is 0. The first-order chi connectivity index (χ1) is 30.2. The van der Waals surface area contributed by atoms with Crippen molar-refractivity contribution in [3.8, 4) is 45.3 Å². The minimum Gasteiger partial charge on any atom is -0.208 e. The van der Waals surface area contributed by atoms with Gasteiger partial charge in [-0.1, -0.05) is 176 Å². The number of nitrogens with zero attached hydrogens (tertiary/aromatic N) is 3. The van der Waals surface area contributed by atoms with Crippen LogP contribution in [0.4, 0.5) is 0 Å². The Morgan fingerprint density at radius 1 is 0.279 bits per heavy atom. The molecule has 11 aromatic carbocycles. The first kappa shape index (κ1) is 34.1. The van der Waals surface area contributed by atoms with E-state index in [9.17, 15) is 0 Å². The zero-order chi connectivity index (χ0) is 40.0. The normalized spacial score (nSPS) is 11.9. The highest BCUT2D eigenvalue weighted by Gasteiger charge is 2.24. The third-order valence-electron chi connectivity index (χ3n) is 12.4. The topological polar surface area (TPSA) is 38.7 Å². The highest BCUT2D eigenvalue weighted by Crippen LogP contribution is 2.49. The Bertz CT molecular complexity index is 3930. The lowest BCUT2D eigenvalue weighted by Crippen LogP contribution is -2.01. The molecule has 282 valence electrons. The van der Waals surface area contributed by atoms with Gasteiger partial charge in [0, 0.05) is 42.2 Å². The zero-order valence-corrected chi connectivity index (χ0v) is 33.6. The van der Waals surface area contributed by atoms with E-state index in [1.54, 1.807) is 0 Å². The lowest BCUT2D eigenvalue weighted by atomic mass is 9.89. The maximum atomic E-state index is 5.56. The van der Waals surface area contributed by atoms with E-state index in [2.05, 4.69) is 200 Å². The van der Waals surface area contributed by atoms with Crippen LogP contribution in [0.3, 0.4) is 0 Å². The van der Waals surface area contributed by atoms with Crippen molar-refractivity contribution in [1.29, 1.82) is 0 Å². The van der Waals surface area contributed by atoms with Gasteiger partial charge in [-0.25, -0.2) is 15.0 Å². The van der Waals surface area contributed by atoms with Gasteiger partial charge in [-0.3, -0.25) is 0 Å². The Hall–Kier alpha value is -7.79. The van der Waals surface area contributed by atoms with E-state index in [0.29, 0.717) is 17.5 Å². The molecule has 13 rings (SSSR count). The van der Waals surface area contributed by atoms with Gasteiger partial charge in [0.2, 0.25) is 0 Å². The molecule has 0 aliphatic carbocycles. The lowest BCUT2D eigenvalue weighted by molar-refractivity contribution is 1.08. The fourth-order valence-corrected chi connectivity index (χ4v) is 10.8. The molecule has 13 aromatic rings. The number of hydrogen-bond acceptors (Lipinski definition) is 4. The average Bonchev–Trinajstić information content (AvgIpc) is 3.69. The smallest absolute Gasteiger partial charge is 0.165 e. The number of hydrogen-bond donors (Lipinski definition) is 0. The van der Waals surface area contributed by atoms with Gasteiger partial charge in [-0.05, 0) is 94.6 Å². The molecule has 0 aliphatic rings. The van der Waals surface area contributed by atoms with E-state index in [-0.39, 0.29) is 0 Å². The van der Waals surface area contributed by atoms with Crippen LogP contribution in [0.1, 0.15) is 0 Å². The van der Waals surface area contributed by atoms with E-state index in [4.69, 9.17) is 15.0 Å². The van der Waals surface area contributed by atoms with Crippen LogP contribution in [0.5, 0.6) is 0 Å². The maximum absolute atomic E-state index is 5.56. The Kier molecular flexibility index (Phi) is 7.47. The molecule has 0 radical (unpaired) electrons. The lowest BCUT2D eigenvalue weighted by Gasteiger charge is -2.16. The minimum absolute atomic E-state index is 0.637. The summed E-state index contributed by atoms with van der Waals surface area (Å²) in [5.74, 6) is 1.95. The van der Waals surface area contributed by atoms with E-state index in [1.165, 1.54) is 74.2 Å². The van der Waals surface area contributed by atoms with Crippen LogP contribution in [0, 0.1) is 0 Å². The second kappa shape index (κ2) is 13.4. The fraction of sp³-hybridized carbons (Fsp3) is 0. The summed E-state index contributed by atoms with van der Waals surface area (Å²) in [5, 5.41) is 16.7. The first-order valence-electron chi connectivity index (χ1n) is 20.7. The Morgan fingerprint density at radius 2 is 0.820 bits per heavy atom. The number of fused-ring (bicyclic) bond motifs is 12. The molecule has 4 heteroatoms. The molecule has 3 nitrogen and oxygen atoms in total. The van der Waals surface area contributed by atoms with E-state index >= 15 is 0 Å². The van der Waals surface area contributed by atoms with Gasteiger partial charge in [-0.2, -0.15) is 0 Å². The van der Waals surface area contributed by atoms with Crippen molar-refractivity contribution in [2.45, 2.75) is 0 Å². The van der Waals surface area contributed by atoms with Crippen molar-refractivity contribution in [2.75, 3.05) is 0 Å². The molecule has 0 fully saturated rings. The summed E-state index contributed by atoms with van der Waals surface area (Å²) < 4.78 is 2.45. The van der Waals surface area contributed by atoms with Crippen LogP contribution < -0.4 is 0 Å². The Labute approximate surface area is 354 Å². The van der Waals surface area contributed by atoms with Crippen LogP contribution >= 0.6 is 11.3 Å². The molecule has 0 unspecified atom stereocenters. The van der Waals surface area contributed by atoms with Crippen molar-refractivity contribution >= 4 is 96.1 Å². The quantitative estimate of drug-likeness (QED) is 0.167. The van der Waals surface area contributed by atoms with Crippen LogP contribution in [0.15, 0.2) is 200 Å². The summed E-state index contributed by atoms with van der Waals surface area (Å²) >= 11 is 1.85. The van der Waals surface area contributed by atoms with Crippen LogP contribution in [-0.2, 0) is 0 Å². The molecule has 0 aliphatic heterocycles. The minimum atomic E-state index is 0.637. The first-order valence-corrected chi connectivity index (χ1v) is 21.5. The van der Waals surface area contributed by atoms with Gasteiger partial charge in [0.25, 0.3) is 0 Å². The highest BCUT2D eigenvalue weighted by atomic mass is 32.1. The van der Waals surface area contributed by atoms with Crippen molar-refractivity contribution < 1.29 is 0 Å². The van der Waals surface area contributed by atoms with Crippen molar-refractivity contribution in [3.63, 3.8) is 0 Å². The SMILES string of the molecule is c1ccc2cc(-c3ccc(-c4nc(-c5cccc6ccccc56)nc(-c5c6c(cc7c8ccccc8c8ccccc8c57)sc5cc7ccccc7cc56)n4)cc3)ccc2c1. The Balaban J connectivity index is 1.15. The van der Waals surface area contributed by atoms with Crippen LogP contribution in [0.2, 0.25) is 0 Å². The summed E-state index contributed by atoms with van der Waals surface area (Å²) in [4.78, 5) is 16.4. The van der Waals surface area contributed by atoms with Gasteiger partial charge in [0.15, 0.2) is 17.5 Å². The molecule has 0 saturated heterocycles. The monoisotopic (exact) mass is 791 g/mol. The molecule has 0 atom stereocenters. The molecule has 2 heterocycles. The molecule has 0 bridgehead atoms. The number of aromatic nitrogens is 3. The Morgan fingerprint density at radius 3 is 1.59 bits per heavy atom. The number of benzene rings is 11. The summed E-state index contributed by atoms with van der Waals surface area (Å²) in [6.45, 7) is 0. The van der Waals surface area contributed by atoms with E-state index in [0.717, 1.165) is 38.4 Å². The molecular formula is C57H33N3S. The van der Waals surface area contributed by atoms with Gasteiger partial charge >= 0.3 is 0 Å². The molecule has 61 heavy (non-hydrogen) atoms. The fourth-order valence-electron chi connectivity index (χ4n) is 9.57.